The van der Waals surface area contributed by atoms with Crippen LogP contribution in [0.25, 0.3) is 0 Å². The molecule has 0 aliphatic carbocycles. The van der Waals surface area contributed by atoms with Gasteiger partial charge in [0.15, 0.2) is 0 Å². The quantitative estimate of drug-likeness (QED) is 0.532. The summed E-state index contributed by atoms with van der Waals surface area (Å²) in [4.78, 5) is 10.6. The SMILES string of the molecule is CCOC(=O)CNCCC(F)(F)F. The van der Waals surface area contributed by atoms with Crippen LogP contribution < -0.4 is 5.32 Å². The monoisotopic (exact) mass is 199 g/mol. The van der Waals surface area contributed by atoms with E-state index in [-0.39, 0.29) is 19.7 Å². The fraction of sp³-hybridized carbons (Fsp3) is 0.857. The van der Waals surface area contributed by atoms with Gasteiger partial charge in [-0.25, -0.2) is 0 Å². The lowest BCUT2D eigenvalue weighted by atomic mass is 10.4. The van der Waals surface area contributed by atoms with Gasteiger partial charge in [-0.05, 0) is 6.92 Å². The number of hydrogen-bond acceptors (Lipinski definition) is 3. The largest absolute Gasteiger partial charge is 0.465 e. The maximum absolute atomic E-state index is 11.6. The Kier molecular flexibility index (Phi) is 5.45. The van der Waals surface area contributed by atoms with Crippen LogP contribution in [0, 0.1) is 0 Å². The number of ether oxygens (including phenoxy) is 1. The van der Waals surface area contributed by atoms with Crippen LogP contribution in [-0.4, -0.2) is 31.8 Å². The molecule has 0 aromatic heterocycles. The second kappa shape index (κ2) is 5.80. The molecule has 0 amide bonds. The summed E-state index contributed by atoms with van der Waals surface area (Å²) >= 11 is 0. The summed E-state index contributed by atoms with van der Waals surface area (Å²) in [6, 6.07) is 0. The van der Waals surface area contributed by atoms with Gasteiger partial charge in [0.05, 0.1) is 19.6 Å². The van der Waals surface area contributed by atoms with E-state index in [1.165, 1.54) is 0 Å². The minimum absolute atomic E-state index is 0.177. The van der Waals surface area contributed by atoms with Crippen LogP contribution in [0.3, 0.4) is 0 Å². The third-order valence-electron chi connectivity index (χ3n) is 1.16. The van der Waals surface area contributed by atoms with Crippen LogP contribution in [0.1, 0.15) is 13.3 Å². The number of hydrogen-bond donors (Lipinski definition) is 1. The molecule has 6 heteroatoms. The van der Waals surface area contributed by atoms with E-state index in [4.69, 9.17) is 0 Å². The minimum Gasteiger partial charge on any atom is -0.465 e. The summed E-state index contributed by atoms with van der Waals surface area (Å²) in [5, 5.41) is 2.33. The van der Waals surface area contributed by atoms with Crippen molar-refractivity contribution in [3.63, 3.8) is 0 Å². The Labute approximate surface area is 74.3 Å². The first-order valence-electron chi connectivity index (χ1n) is 3.89. The topological polar surface area (TPSA) is 38.3 Å². The van der Waals surface area contributed by atoms with Crippen LogP contribution in [0.15, 0.2) is 0 Å². The van der Waals surface area contributed by atoms with Crippen molar-refractivity contribution in [2.24, 2.45) is 0 Å². The Balaban J connectivity index is 3.31. The molecule has 78 valence electrons. The predicted molar refractivity (Wildman–Crippen MR) is 40.2 cm³/mol. The Morgan fingerprint density at radius 2 is 2.08 bits per heavy atom. The number of alkyl halides is 3. The number of carbonyl (C=O) groups is 1. The number of carbonyl (C=O) groups excluding carboxylic acids is 1. The lowest BCUT2D eigenvalue weighted by Crippen LogP contribution is -2.28. The molecule has 0 radical (unpaired) electrons. The van der Waals surface area contributed by atoms with Gasteiger partial charge in [-0.15, -0.1) is 0 Å². The van der Waals surface area contributed by atoms with E-state index in [1.807, 2.05) is 0 Å². The van der Waals surface area contributed by atoms with E-state index in [1.54, 1.807) is 6.92 Å². The second-order valence-electron chi connectivity index (χ2n) is 2.35. The highest BCUT2D eigenvalue weighted by atomic mass is 19.4. The van der Waals surface area contributed by atoms with Gasteiger partial charge in [-0.1, -0.05) is 0 Å². The standard InChI is InChI=1S/C7H12F3NO2/c1-2-13-6(12)5-11-4-3-7(8,9)10/h11H,2-5H2,1H3. The normalized spacial score (nSPS) is 11.4. The second-order valence-corrected chi connectivity index (χ2v) is 2.35. The van der Waals surface area contributed by atoms with Crippen molar-refractivity contribution in [3.05, 3.63) is 0 Å². The van der Waals surface area contributed by atoms with Gasteiger partial charge in [0.2, 0.25) is 0 Å². The molecule has 0 rings (SSSR count). The van der Waals surface area contributed by atoms with Gasteiger partial charge in [0, 0.05) is 6.54 Å². The highest BCUT2D eigenvalue weighted by molar-refractivity contribution is 5.71. The summed E-state index contributed by atoms with van der Waals surface area (Å²) in [5.41, 5.74) is 0. The van der Waals surface area contributed by atoms with Gasteiger partial charge in [0.25, 0.3) is 0 Å². The lowest BCUT2D eigenvalue weighted by molar-refractivity contribution is -0.143. The first-order valence-corrected chi connectivity index (χ1v) is 3.89. The molecule has 0 bridgehead atoms. The maximum Gasteiger partial charge on any atom is 0.390 e. The van der Waals surface area contributed by atoms with Crippen LogP contribution in [0.5, 0.6) is 0 Å². The van der Waals surface area contributed by atoms with E-state index in [0.717, 1.165) is 0 Å². The fourth-order valence-electron chi connectivity index (χ4n) is 0.633. The average molecular weight is 199 g/mol. The number of halogens is 3. The maximum atomic E-state index is 11.6. The van der Waals surface area contributed by atoms with E-state index in [9.17, 15) is 18.0 Å². The average Bonchev–Trinajstić information content (AvgIpc) is 1.97. The molecule has 0 saturated carbocycles. The molecule has 3 nitrogen and oxygen atoms in total. The summed E-state index contributed by atoms with van der Waals surface area (Å²) in [7, 11) is 0. The molecule has 0 aromatic carbocycles. The highest BCUT2D eigenvalue weighted by Gasteiger charge is 2.25. The first kappa shape index (κ1) is 12.2. The summed E-state index contributed by atoms with van der Waals surface area (Å²) in [5.74, 6) is -0.537. The smallest absolute Gasteiger partial charge is 0.390 e. The summed E-state index contributed by atoms with van der Waals surface area (Å²) < 4.78 is 39.2. The molecule has 0 atom stereocenters. The number of esters is 1. The van der Waals surface area contributed by atoms with Crippen molar-refractivity contribution in [2.75, 3.05) is 19.7 Å². The lowest BCUT2D eigenvalue weighted by Gasteiger charge is -2.06. The molecule has 0 fully saturated rings. The molecule has 0 aliphatic rings. The van der Waals surface area contributed by atoms with Gasteiger partial charge in [-0.3, -0.25) is 4.79 Å². The molecule has 0 aromatic rings. The van der Waals surface area contributed by atoms with Gasteiger partial charge < -0.3 is 10.1 Å². The zero-order chi connectivity index (χ0) is 10.3. The van der Waals surface area contributed by atoms with E-state index in [2.05, 4.69) is 10.1 Å². The molecule has 0 unspecified atom stereocenters. The summed E-state index contributed by atoms with van der Waals surface area (Å²) in [6.45, 7) is 1.43. The molecule has 1 N–H and O–H groups in total. The Morgan fingerprint density at radius 3 is 2.54 bits per heavy atom. The Morgan fingerprint density at radius 1 is 1.46 bits per heavy atom. The summed E-state index contributed by atoms with van der Waals surface area (Å²) in [6.07, 6.45) is -5.12. The van der Waals surface area contributed by atoms with E-state index < -0.39 is 18.6 Å². The molecular formula is C7H12F3NO2. The van der Waals surface area contributed by atoms with Crippen molar-refractivity contribution in [1.82, 2.24) is 5.32 Å². The fourth-order valence-corrected chi connectivity index (χ4v) is 0.633. The molecule has 0 saturated heterocycles. The highest BCUT2D eigenvalue weighted by Crippen LogP contribution is 2.17. The van der Waals surface area contributed by atoms with Crippen molar-refractivity contribution in [1.29, 1.82) is 0 Å². The van der Waals surface area contributed by atoms with Gasteiger partial charge in [-0.2, -0.15) is 13.2 Å². The third-order valence-corrected chi connectivity index (χ3v) is 1.16. The van der Waals surface area contributed by atoms with Crippen molar-refractivity contribution >= 4 is 5.97 Å². The van der Waals surface area contributed by atoms with Gasteiger partial charge >= 0.3 is 12.1 Å². The molecule has 0 heterocycles. The minimum atomic E-state index is -4.18. The van der Waals surface area contributed by atoms with Crippen molar-refractivity contribution in [2.45, 2.75) is 19.5 Å². The van der Waals surface area contributed by atoms with Crippen molar-refractivity contribution < 1.29 is 22.7 Å². The number of rotatable bonds is 5. The Hall–Kier alpha value is -0.780. The van der Waals surface area contributed by atoms with E-state index >= 15 is 0 Å². The van der Waals surface area contributed by atoms with E-state index in [0.29, 0.717) is 0 Å². The molecule has 0 spiro atoms. The van der Waals surface area contributed by atoms with Crippen LogP contribution >= 0.6 is 0 Å². The molecular weight excluding hydrogens is 187 g/mol. The third kappa shape index (κ3) is 9.13. The zero-order valence-electron chi connectivity index (χ0n) is 7.28. The Bertz CT molecular complexity index is 158. The van der Waals surface area contributed by atoms with Crippen LogP contribution in [0.4, 0.5) is 13.2 Å². The zero-order valence-corrected chi connectivity index (χ0v) is 7.28. The molecule has 0 aliphatic heterocycles. The van der Waals surface area contributed by atoms with Crippen LogP contribution in [0.2, 0.25) is 0 Å². The molecule has 13 heavy (non-hydrogen) atoms. The van der Waals surface area contributed by atoms with Gasteiger partial charge in [0.1, 0.15) is 0 Å². The first-order chi connectivity index (χ1) is 5.95. The van der Waals surface area contributed by atoms with Crippen LogP contribution in [-0.2, 0) is 9.53 Å². The van der Waals surface area contributed by atoms with Crippen molar-refractivity contribution in [3.8, 4) is 0 Å². The predicted octanol–water partition coefficient (Wildman–Crippen LogP) is 1.09. The number of nitrogens with one attached hydrogen (secondary N) is 1.